The Kier molecular flexibility index (Phi) is 5.56. The molecule has 1 unspecified atom stereocenters. The fourth-order valence-corrected chi connectivity index (χ4v) is 1.61. The first-order valence-electron chi connectivity index (χ1n) is 6.18. The van der Waals surface area contributed by atoms with Crippen molar-refractivity contribution < 1.29 is 4.79 Å². The third-order valence-electron chi connectivity index (χ3n) is 2.82. The normalized spacial score (nSPS) is 11.2. The summed E-state index contributed by atoms with van der Waals surface area (Å²) in [5, 5.41) is 11.7. The molecule has 1 aromatic rings. The molecule has 0 radical (unpaired) electrons. The van der Waals surface area contributed by atoms with Gasteiger partial charge in [-0.15, -0.1) is 0 Å². The molecule has 1 aromatic carbocycles. The van der Waals surface area contributed by atoms with Crippen molar-refractivity contribution in [3.8, 4) is 6.07 Å². The fraction of sp³-hybridized carbons (Fsp3) is 0.250. The topological polar surface area (TPSA) is 52.9 Å². The second kappa shape index (κ2) is 7.17. The number of benzene rings is 1. The van der Waals surface area contributed by atoms with Gasteiger partial charge in [0.25, 0.3) is 5.91 Å². The predicted octanol–water partition coefficient (Wildman–Crippen LogP) is 3.20. The number of hydrogen-bond acceptors (Lipinski definition) is 2. The lowest BCUT2D eigenvalue weighted by Gasteiger charge is -2.14. The molecule has 0 saturated heterocycles. The van der Waals surface area contributed by atoms with E-state index in [1.54, 1.807) is 30.3 Å². The highest BCUT2D eigenvalue weighted by Crippen LogP contribution is 2.08. The van der Waals surface area contributed by atoms with Crippen LogP contribution in [0.15, 0.2) is 49.1 Å². The lowest BCUT2D eigenvalue weighted by atomic mass is 10.1. The van der Waals surface area contributed by atoms with Gasteiger partial charge in [-0.3, -0.25) is 4.79 Å². The molecule has 0 bridgehead atoms. The Hall–Kier alpha value is -2.34. The van der Waals surface area contributed by atoms with E-state index in [9.17, 15) is 4.79 Å². The third kappa shape index (κ3) is 4.81. The second-order valence-corrected chi connectivity index (χ2v) is 4.47. The molecule has 0 saturated carbocycles. The van der Waals surface area contributed by atoms with E-state index >= 15 is 0 Å². The van der Waals surface area contributed by atoms with Crippen molar-refractivity contribution in [2.45, 2.75) is 25.8 Å². The Morgan fingerprint density at radius 2 is 2.32 bits per heavy atom. The number of nitrogens with one attached hydrogen (secondary N) is 1. The smallest absolute Gasteiger partial charge is 0.251 e. The quantitative estimate of drug-likeness (QED) is 0.792. The van der Waals surface area contributed by atoms with Crippen LogP contribution in [0.1, 0.15) is 35.7 Å². The van der Waals surface area contributed by atoms with Gasteiger partial charge < -0.3 is 5.32 Å². The summed E-state index contributed by atoms with van der Waals surface area (Å²) in [6.45, 7) is 9.43. The maximum absolute atomic E-state index is 12.0. The van der Waals surface area contributed by atoms with Crippen molar-refractivity contribution in [2.24, 2.45) is 0 Å². The van der Waals surface area contributed by atoms with Crippen LogP contribution in [0.3, 0.4) is 0 Å². The van der Waals surface area contributed by atoms with Crippen LogP contribution >= 0.6 is 0 Å². The molecule has 1 N–H and O–H groups in total. The Balaban J connectivity index is 2.56. The number of nitriles is 1. The molecule has 0 aliphatic carbocycles. The van der Waals surface area contributed by atoms with Crippen LogP contribution < -0.4 is 5.32 Å². The molecule has 1 rings (SSSR count). The van der Waals surface area contributed by atoms with Crippen molar-refractivity contribution in [3.63, 3.8) is 0 Å². The van der Waals surface area contributed by atoms with Crippen molar-refractivity contribution in [2.75, 3.05) is 0 Å². The van der Waals surface area contributed by atoms with Gasteiger partial charge in [0.15, 0.2) is 0 Å². The number of hydrogen-bond donors (Lipinski definition) is 1. The molecule has 3 heteroatoms. The fourth-order valence-electron chi connectivity index (χ4n) is 1.61. The lowest BCUT2D eigenvalue weighted by molar-refractivity contribution is 0.0938. The molecule has 0 spiro atoms. The number of amides is 1. The molecule has 0 aliphatic rings. The van der Waals surface area contributed by atoms with Crippen LogP contribution in [0.2, 0.25) is 0 Å². The average Bonchev–Trinajstić information content (AvgIpc) is 2.44. The summed E-state index contributed by atoms with van der Waals surface area (Å²) in [5.74, 6) is -0.159. The zero-order chi connectivity index (χ0) is 14.3. The Labute approximate surface area is 114 Å². The molecule has 0 heterocycles. The van der Waals surface area contributed by atoms with Crippen LogP contribution in [0, 0.1) is 11.3 Å². The van der Waals surface area contributed by atoms with Crippen LogP contribution in [-0.2, 0) is 0 Å². The minimum atomic E-state index is -0.159. The van der Waals surface area contributed by atoms with Crippen molar-refractivity contribution in [1.29, 1.82) is 5.26 Å². The van der Waals surface area contributed by atoms with Gasteiger partial charge in [-0.25, -0.2) is 0 Å². The first-order valence-corrected chi connectivity index (χ1v) is 6.18. The monoisotopic (exact) mass is 254 g/mol. The molecular formula is C16H18N2O. The molecule has 1 atom stereocenters. The minimum absolute atomic E-state index is 0.0509. The largest absolute Gasteiger partial charge is 0.350 e. The number of nitrogens with zero attached hydrogens (tertiary/aromatic N) is 1. The summed E-state index contributed by atoms with van der Waals surface area (Å²) < 4.78 is 0. The van der Waals surface area contributed by atoms with E-state index in [1.807, 2.05) is 13.0 Å². The summed E-state index contributed by atoms with van der Waals surface area (Å²) in [5.41, 5.74) is 1.96. The van der Waals surface area contributed by atoms with E-state index in [2.05, 4.69) is 18.5 Å². The zero-order valence-electron chi connectivity index (χ0n) is 11.1. The molecule has 0 aliphatic heterocycles. The maximum Gasteiger partial charge on any atom is 0.251 e. The van der Waals surface area contributed by atoms with Crippen molar-refractivity contribution in [1.82, 2.24) is 5.32 Å². The van der Waals surface area contributed by atoms with E-state index in [0.717, 1.165) is 18.4 Å². The standard InChI is InChI=1S/C16H18N2O/c1-4-12(2)8-9-13(3)18-16(19)15-7-5-6-14(10-15)11-17/h4-7,10,13H,1-2,8-9H2,3H3,(H,18,19). The summed E-state index contributed by atoms with van der Waals surface area (Å²) >= 11 is 0. The number of carbonyl (C=O) groups is 1. The molecule has 0 fully saturated rings. The van der Waals surface area contributed by atoms with Crippen LogP contribution in [-0.4, -0.2) is 11.9 Å². The summed E-state index contributed by atoms with van der Waals surface area (Å²) in [6.07, 6.45) is 3.35. The first-order chi connectivity index (χ1) is 9.06. The Bertz CT molecular complexity index is 526. The van der Waals surface area contributed by atoms with Gasteiger partial charge in [0.05, 0.1) is 11.6 Å². The van der Waals surface area contributed by atoms with Gasteiger partial charge in [-0.05, 0) is 38.0 Å². The van der Waals surface area contributed by atoms with Crippen molar-refractivity contribution >= 4 is 5.91 Å². The van der Waals surface area contributed by atoms with Gasteiger partial charge in [0.1, 0.15) is 0 Å². The van der Waals surface area contributed by atoms with Gasteiger partial charge in [0, 0.05) is 11.6 Å². The van der Waals surface area contributed by atoms with Crippen LogP contribution in [0.25, 0.3) is 0 Å². The predicted molar refractivity (Wildman–Crippen MR) is 76.7 cm³/mol. The maximum atomic E-state index is 12.0. The van der Waals surface area contributed by atoms with Crippen LogP contribution in [0.4, 0.5) is 0 Å². The summed E-state index contributed by atoms with van der Waals surface area (Å²) in [7, 11) is 0. The van der Waals surface area contributed by atoms with E-state index in [0.29, 0.717) is 11.1 Å². The summed E-state index contributed by atoms with van der Waals surface area (Å²) in [4.78, 5) is 12.0. The molecule has 3 nitrogen and oxygen atoms in total. The van der Waals surface area contributed by atoms with Gasteiger partial charge >= 0.3 is 0 Å². The molecule has 0 aromatic heterocycles. The molecule has 98 valence electrons. The minimum Gasteiger partial charge on any atom is -0.350 e. The lowest BCUT2D eigenvalue weighted by Crippen LogP contribution is -2.32. The third-order valence-corrected chi connectivity index (χ3v) is 2.82. The second-order valence-electron chi connectivity index (χ2n) is 4.47. The number of allylic oxidation sites excluding steroid dienone is 2. The zero-order valence-corrected chi connectivity index (χ0v) is 11.1. The number of rotatable bonds is 6. The SMILES string of the molecule is C=CC(=C)CCC(C)NC(=O)c1cccc(C#N)c1. The number of carbonyl (C=O) groups excluding carboxylic acids is 1. The molecule has 19 heavy (non-hydrogen) atoms. The highest BCUT2D eigenvalue weighted by Gasteiger charge is 2.10. The van der Waals surface area contributed by atoms with Gasteiger partial charge in [-0.2, -0.15) is 5.26 Å². The average molecular weight is 254 g/mol. The van der Waals surface area contributed by atoms with E-state index < -0.39 is 0 Å². The highest BCUT2D eigenvalue weighted by atomic mass is 16.1. The van der Waals surface area contributed by atoms with Crippen LogP contribution in [0.5, 0.6) is 0 Å². The Morgan fingerprint density at radius 1 is 1.58 bits per heavy atom. The summed E-state index contributed by atoms with van der Waals surface area (Å²) in [6, 6.07) is 8.74. The first kappa shape index (κ1) is 14.7. The molecule has 1 amide bonds. The van der Waals surface area contributed by atoms with E-state index in [-0.39, 0.29) is 11.9 Å². The van der Waals surface area contributed by atoms with E-state index in [1.165, 1.54) is 0 Å². The van der Waals surface area contributed by atoms with E-state index in [4.69, 9.17) is 5.26 Å². The van der Waals surface area contributed by atoms with Crippen molar-refractivity contribution in [3.05, 3.63) is 60.2 Å². The Morgan fingerprint density at radius 3 is 2.95 bits per heavy atom. The van der Waals surface area contributed by atoms with Gasteiger partial charge in [-0.1, -0.05) is 30.9 Å². The molecular weight excluding hydrogens is 236 g/mol. The highest BCUT2D eigenvalue weighted by molar-refractivity contribution is 5.94. The van der Waals surface area contributed by atoms with Gasteiger partial charge in [0.2, 0.25) is 0 Å².